The molecule has 7 heteroatoms. The molecular formula is C19H17N3O4. The summed E-state index contributed by atoms with van der Waals surface area (Å²) in [6.07, 6.45) is 0.542. The van der Waals surface area contributed by atoms with Crippen LogP contribution >= 0.6 is 0 Å². The minimum absolute atomic E-state index is 0.132. The molecule has 4 rings (SSSR count). The lowest BCUT2D eigenvalue weighted by atomic mass is 10.1. The number of nitrogens with one attached hydrogen (secondary N) is 1. The summed E-state index contributed by atoms with van der Waals surface area (Å²) < 4.78 is 11.0. The molecule has 0 atom stereocenters. The van der Waals surface area contributed by atoms with Crippen molar-refractivity contribution in [3.63, 3.8) is 0 Å². The van der Waals surface area contributed by atoms with Crippen LogP contribution in [0.25, 0.3) is 0 Å². The van der Waals surface area contributed by atoms with Crippen molar-refractivity contribution in [1.82, 2.24) is 0 Å². The number of hydrogen-bond acceptors (Lipinski definition) is 5. The van der Waals surface area contributed by atoms with E-state index in [9.17, 15) is 9.59 Å². The van der Waals surface area contributed by atoms with Gasteiger partial charge in [0.1, 0.15) is 18.9 Å². The van der Waals surface area contributed by atoms with Crippen molar-refractivity contribution in [1.29, 1.82) is 0 Å². The second-order valence-corrected chi connectivity index (χ2v) is 5.90. The summed E-state index contributed by atoms with van der Waals surface area (Å²) in [5, 5.41) is 8.33. The van der Waals surface area contributed by atoms with Gasteiger partial charge in [0.05, 0.1) is 5.69 Å². The number of anilines is 2. The van der Waals surface area contributed by atoms with Crippen molar-refractivity contribution >= 4 is 28.9 Å². The van der Waals surface area contributed by atoms with Gasteiger partial charge in [0.15, 0.2) is 11.5 Å². The summed E-state index contributed by atoms with van der Waals surface area (Å²) in [6, 6.07) is 14.3. The van der Waals surface area contributed by atoms with Gasteiger partial charge in [-0.05, 0) is 24.3 Å². The van der Waals surface area contributed by atoms with Gasteiger partial charge in [0.25, 0.3) is 5.91 Å². The molecule has 2 aliphatic heterocycles. The van der Waals surface area contributed by atoms with Crippen LogP contribution in [-0.2, 0) is 9.59 Å². The molecule has 1 N–H and O–H groups in total. The van der Waals surface area contributed by atoms with E-state index in [2.05, 4.69) is 10.4 Å². The summed E-state index contributed by atoms with van der Waals surface area (Å²) in [5.41, 5.74) is 1.54. The van der Waals surface area contributed by atoms with Crippen LogP contribution in [0.2, 0.25) is 0 Å². The molecule has 0 aliphatic carbocycles. The molecule has 0 unspecified atom stereocenters. The van der Waals surface area contributed by atoms with E-state index in [1.165, 1.54) is 5.01 Å². The summed E-state index contributed by atoms with van der Waals surface area (Å²) in [5.74, 6) is 0.785. The van der Waals surface area contributed by atoms with Gasteiger partial charge < -0.3 is 14.8 Å². The van der Waals surface area contributed by atoms with Crippen molar-refractivity contribution in [3.8, 4) is 11.5 Å². The van der Waals surface area contributed by atoms with Crippen molar-refractivity contribution in [2.75, 3.05) is 23.5 Å². The zero-order chi connectivity index (χ0) is 17.9. The molecule has 0 fully saturated rings. The van der Waals surface area contributed by atoms with E-state index in [4.69, 9.17) is 9.47 Å². The topological polar surface area (TPSA) is 80.2 Å². The van der Waals surface area contributed by atoms with E-state index in [1.54, 1.807) is 30.3 Å². The fourth-order valence-corrected chi connectivity index (χ4v) is 2.81. The van der Waals surface area contributed by atoms with E-state index >= 15 is 0 Å². The van der Waals surface area contributed by atoms with Crippen LogP contribution in [0.15, 0.2) is 53.6 Å². The molecule has 2 aliphatic rings. The van der Waals surface area contributed by atoms with Gasteiger partial charge in [-0.15, -0.1) is 0 Å². The van der Waals surface area contributed by atoms with E-state index < -0.39 is 0 Å². The van der Waals surface area contributed by atoms with Gasteiger partial charge >= 0.3 is 0 Å². The Kier molecular flexibility index (Phi) is 4.27. The first-order valence-electron chi connectivity index (χ1n) is 8.37. The number of carbonyl (C=O) groups is 2. The van der Waals surface area contributed by atoms with Crippen molar-refractivity contribution in [3.05, 3.63) is 48.5 Å². The second kappa shape index (κ2) is 6.87. The third-order valence-corrected chi connectivity index (χ3v) is 4.10. The lowest BCUT2D eigenvalue weighted by Crippen LogP contribution is -2.36. The standard InChI is InChI=1S/C19H17N3O4/c23-18-9-7-15(21-22(18)14-4-2-1-3-5-14)19(24)20-13-6-8-16-17(12-13)26-11-10-25-16/h1-6,8,12H,7,9-11H2,(H,20,24). The predicted molar refractivity (Wildman–Crippen MR) is 96.7 cm³/mol. The highest BCUT2D eigenvalue weighted by molar-refractivity contribution is 6.44. The fraction of sp³-hybridized carbons (Fsp3) is 0.211. The van der Waals surface area contributed by atoms with Crippen LogP contribution in [0.1, 0.15) is 12.8 Å². The van der Waals surface area contributed by atoms with Crippen molar-refractivity contribution < 1.29 is 19.1 Å². The lowest BCUT2D eigenvalue weighted by molar-refractivity contribution is -0.118. The molecule has 0 radical (unpaired) electrons. The first kappa shape index (κ1) is 16.1. The molecule has 0 bridgehead atoms. The van der Waals surface area contributed by atoms with Gasteiger partial charge in [-0.2, -0.15) is 5.10 Å². The summed E-state index contributed by atoms with van der Waals surface area (Å²) in [6.45, 7) is 0.990. The molecule has 2 heterocycles. The minimum Gasteiger partial charge on any atom is -0.486 e. The SMILES string of the molecule is O=C(Nc1ccc2c(c1)OCCO2)C1=NN(c2ccccc2)C(=O)CC1. The number of para-hydroxylation sites is 1. The quantitative estimate of drug-likeness (QED) is 0.922. The third-order valence-electron chi connectivity index (χ3n) is 4.10. The molecule has 7 nitrogen and oxygen atoms in total. The van der Waals surface area contributed by atoms with Crippen LogP contribution in [0.3, 0.4) is 0 Å². The molecule has 0 aromatic heterocycles. The van der Waals surface area contributed by atoms with Crippen LogP contribution in [0.5, 0.6) is 11.5 Å². The fourth-order valence-electron chi connectivity index (χ4n) is 2.81. The minimum atomic E-state index is -0.338. The first-order valence-corrected chi connectivity index (χ1v) is 8.37. The molecule has 0 saturated heterocycles. The Morgan fingerprint density at radius 2 is 1.77 bits per heavy atom. The third kappa shape index (κ3) is 3.23. The Balaban J connectivity index is 1.53. The predicted octanol–water partition coefficient (Wildman–Crippen LogP) is 2.58. The molecular weight excluding hydrogens is 334 g/mol. The Bertz CT molecular complexity index is 880. The number of nitrogens with zero attached hydrogens (tertiary/aromatic N) is 2. The summed E-state index contributed by atoms with van der Waals surface area (Å²) >= 11 is 0. The monoisotopic (exact) mass is 351 g/mol. The Labute approximate surface area is 150 Å². The van der Waals surface area contributed by atoms with E-state index in [-0.39, 0.29) is 18.2 Å². The molecule has 0 saturated carbocycles. The zero-order valence-electron chi connectivity index (χ0n) is 14.0. The number of amides is 2. The van der Waals surface area contributed by atoms with Crippen LogP contribution in [0, 0.1) is 0 Å². The second-order valence-electron chi connectivity index (χ2n) is 5.90. The van der Waals surface area contributed by atoms with E-state index in [0.29, 0.717) is 48.2 Å². The number of fused-ring (bicyclic) bond motifs is 1. The van der Waals surface area contributed by atoms with Gasteiger partial charge in [0.2, 0.25) is 5.91 Å². The van der Waals surface area contributed by atoms with E-state index in [1.807, 2.05) is 18.2 Å². The smallest absolute Gasteiger partial charge is 0.271 e. The molecule has 2 amide bonds. The highest BCUT2D eigenvalue weighted by Gasteiger charge is 2.25. The van der Waals surface area contributed by atoms with Crippen molar-refractivity contribution in [2.45, 2.75) is 12.8 Å². The molecule has 2 aromatic carbocycles. The maximum absolute atomic E-state index is 12.6. The zero-order valence-corrected chi connectivity index (χ0v) is 14.0. The number of hydrogen-bond donors (Lipinski definition) is 1. The molecule has 132 valence electrons. The number of hydrazone groups is 1. The van der Waals surface area contributed by atoms with E-state index in [0.717, 1.165) is 0 Å². The Morgan fingerprint density at radius 1 is 1.00 bits per heavy atom. The molecule has 2 aromatic rings. The maximum atomic E-state index is 12.6. The van der Waals surface area contributed by atoms with Gasteiger partial charge in [-0.25, -0.2) is 5.01 Å². The highest BCUT2D eigenvalue weighted by atomic mass is 16.6. The Hall–Kier alpha value is -3.35. The Morgan fingerprint density at radius 3 is 2.58 bits per heavy atom. The van der Waals surface area contributed by atoms with Crippen LogP contribution < -0.4 is 19.8 Å². The number of ether oxygens (including phenoxy) is 2. The van der Waals surface area contributed by atoms with Crippen molar-refractivity contribution in [2.24, 2.45) is 5.10 Å². The first-order chi connectivity index (χ1) is 12.7. The average Bonchev–Trinajstić information content (AvgIpc) is 2.69. The molecule has 26 heavy (non-hydrogen) atoms. The lowest BCUT2D eigenvalue weighted by Gasteiger charge is -2.23. The maximum Gasteiger partial charge on any atom is 0.271 e. The highest BCUT2D eigenvalue weighted by Crippen LogP contribution is 2.32. The number of rotatable bonds is 3. The average molecular weight is 351 g/mol. The normalized spacial score (nSPS) is 16.1. The number of benzene rings is 2. The van der Waals surface area contributed by atoms with Gasteiger partial charge in [-0.3, -0.25) is 9.59 Å². The van der Waals surface area contributed by atoms with Crippen LogP contribution in [0.4, 0.5) is 11.4 Å². The summed E-state index contributed by atoms with van der Waals surface area (Å²) in [4.78, 5) is 24.7. The number of carbonyl (C=O) groups excluding carboxylic acids is 2. The van der Waals surface area contributed by atoms with Gasteiger partial charge in [0, 0.05) is 24.6 Å². The summed E-state index contributed by atoms with van der Waals surface area (Å²) in [7, 11) is 0. The van der Waals surface area contributed by atoms with Gasteiger partial charge in [-0.1, -0.05) is 18.2 Å². The molecule has 0 spiro atoms. The van der Waals surface area contributed by atoms with Crippen LogP contribution in [-0.4, -0.2) is 30.7 Å². The largest absolute Gasteiger partial charge is 0.486 e.